The topological polar surface area (TPSA) is 397 Å². The van der Waals surface area contributed by atoms with E-state index >= 15 is 0 Å². The number of carboxylic acids is 1. The zero-order valence-electron chi connectivity index (χ0n) is 43.8. The summed E-state index contributed by atoms with van der Waals surface area (Å²) >= 11 is 0. The van der Waals surface area contributed by atoms with Crippen molar-refractivity contribution in [1.82, 2.24) is 47.5 Å². The second-order valence-corrected chi connectivity index (χ2v) is 20.1. The Morgan fingerprint density at radius 3 is 1.70 bits per heavy atom. The van der Waals surface area contributed by atoms with Gasteiger partial charge < -0.3 is 74.9 Å². The second-order valence-electron chi connectivity index (χ2n) is 20.1. The van der Waals surface area contributed by atoms with Crippen molar-refractivity contribution < 1.29 is 53.4 Å². The molecule has 9 atom stereocenters. The molecule has 0 saturated carbocycles. The predicted molar refractivity (Wildman–Crippen MR) is 275 cm³/mol. The number of nitrogens with two attached hydrogens (primary N) is 3. The number of aliphatic hydroxyl groups excluding tert-OH is 1. The van der Waals surface area contributed by atoms with Gasteiger partial charge >= 0.3 is 5.97 Å². The minimum absolute atomic E-state index is 0.0271. The fraction of sp³-hybridized carbons (Fsp3) is 0.633. The lowest BCUT2D eigenvalue weighted by Gasteiger charge is -2.28. The quantitative estimate of drug-likeness (QED) is 0.0242. The number of para-hydroxylation sites is 1. The monoisotopic (exact) mass is 1030 g/mol. The van der Waals surface area contributed by atoms with Gasteiger partial charge in [0.2, 0.25) is 47.3 Å². The van der Waals surface area contributed by atoms with Gasteiger partial charge in [0.05, 0.1) is 18.7 Å². The highest BCUT2D eigenvalue weighted by molar-refractivity contribution is 5.97. The number of fused-ring (bicyclic) bond motifs is 1. The van der Waals surface area contributed by atoms with Crippen molar-refractivity contribution in [2.45, 2.75) is 162 Å². The summed E-state index contributed by atoms with van der Waals surface area (Å²) in [4.78, 5) is 127. The maximum Gasteiger partial charge on any atom is 0.326 e. The molecular weight excluding hydrogens is 947 g/mol. The minimum Gasteiger partial charge on any atom is -0.480 e. The smallest absolute Gasteiger partial charge is 0.326 e. The lowest BCUT2D eigenvalue weighted by molar-refractivity contribution is -0.142. The van der Waals surface area contributed by atoms with E-state index in [0.717, 1.165) is 10.9 Å². The van der Waals surface area contributed by atoms with Crippen molar-refractivity contribution in [1.29, 1.82) is 0 Å². The van der Waals surface area contributed by atoms with Crippen LogP contribution in [0.4, 0.5) is 0 Å². The largest absolute Gasteiger partial charge is 0.480 e. The summed E-state index contributed by atoms with van der Waals surface area (Å²) in [5.74, 6) is -8.39. The molecule has 0 saturated heterocycles. The third-order valence-corrected chi connectivity index (χ3v) is 11.5. The molecule has 0 unspecified atom stereocenters. The van der Waals surface area contributed by atoms with E-state index in [1.54, 1.807) is 40.0 Å². The maximum absolute atomic E-state index is 13.8. The lowest BCUT2D eigenvalue weighted by Crippen LogP contribution is -2.60. The number of aliphatic hydroxyl groups is 1. The molecular formula is C49H81N13O11. The number of aromatic amines is 1. The number of rotatable bonds is 31. The van der Waals surface area contributed by atoms with E-state index in [-0.39, 0.29) is 62.4 Å². The number of hydrogen-bond donors (Lipinski definition) is 14. The molecule has 0 fully saturated rings. The van der Waals surface area contributed by atoms with Crippen molar-refractivity contribution in [3.63, 3.8) is 0 Å². The van der Waals surface area contributed by atoms with E-state index in [0.29, 0.717) is 12.0 Å². The molecule has 0 aliphatic rings. The zero-order valence-corrected chi connectivity index (χ0v) is 43.8. The van der Waals surface area contributed by atoms with Crippen molar-refractivity contribution >= 4 is 70.1 Å². The number of H-pyrrole nitrogens is 1. The van der Waals surface area contributed by atoms with Gasteiger partial charge in [-0.1, -0.05) is 73.6 Å². The van der Waals surface area contributed by atoms with Crippen LogP contribution in [0, 0.1) is 23.7 Å². The van der Waals surface area contributed by atoms with Crippen molar-refractivity contribution in [3.05, 3.63) is 36.0 Å². The van der Waals surface area contributed by atoms with Crippen molar-refractivity contribution in [2.24, 2.45) is 45.9 Å². The molecule has 24 nitrogen and oxygen atoms in total. The SMILES string of the molecule is CC(C)C[C@H](NC(=O)[C@H](C)NC(=O)[C@@H](N)CC(C)C)C(=O)N[C@@H](CC(C)C)C(=O)N[C@H](C(=O)NCC(=O)N[C@H](C(=O)N[C@@H](CCCN=C(N)N)C(=O)N[C@@H](Cc1c[nH]c2ccccc12)C(=O)O)C(C)C)[C@@H](C)O. The Hall–Kier alpha value is -6.82. The second kappa shape index (κ2) is 30.3. The van der Waals surface area contributed by atoms with Crippen LogP contribution in [-0.2, 0) is 49.6 Å². The molecule has 2 aromatic rings. The number of amides is 8. The Balaban J connectivity index is 2.18. The summed E-state index contributed by atoms with van der Waals surface area (Å²) < 4.78 is 0. The number of benzene rings is 1. The third-order valence-electron chi connectivity index (χ3n) is 11.5. The van der Waals surface area contributed by atoms with Gasteiger partial charge in [-0.05, 0) is 81.3 Å². The average Bonchev–Trinajstić information content (AvgIpc) is 3.70. The highest BCUT2D eigenvalue weighted by Gasteiger charge is 2.35. The van der Waals surface area contributed by atoms with Crippen LogP contribution in [0.1, 0.15) is 107 Å². The number of carbonyl (C=O) groups excluding carboxylic acids is 8. The minimum atomic E-state index is -1.63. The third kappa shape index (κ3) is 21.8. The van der Waals surface area contributed by atoms with E-state index in [4.69, 9.17) is 17.2 Å². The van der Waals surface area contributed by atoms with E-state index < -0.39 is 120 Å². The van der Waals surface area contributed by atoms with Gasteiger partial charge in [-0.3, -0.25) is 43.3 Å². The molecule has 24 heteroatoms. The first-order chi connectivity index (χ1) is 34.1. The van der Waals surface area contributed by atoms with E-state index in [1.165, 1.54) is 13.8 Å². The van der Waals surface area contributed by atoms with Gasteiger partial charge in [0.1, 0.15) is 42.3 Å². The molecule has 0 bridgehead atoms. The first-order valence-corrected chi connectivity index (χ1v) is 24.8. The molecule has 73 heavy (non-hydrogen) atoms. The van der Waals surface area contributed by atoms with Crippen LogP contribution < -0.4 is 59.7 Å². The predicted octanol–water partition coefficient (Wildman–Crippen LogP) is -1.12. The fourth-order valence-electron chi connectivity index (χ4n) is 7.70. The van der Waals surface area contributed by atoms with Crippen molar-refractivity contribution in [2.75, 3.05) is 13.1 Å². The van der Waals surface area contributed by atoms with E-state index in [1.807, 2.05) is 45.9 Å². The number of nitrogens with one attached hydrogen (secondary N) is 9. The maximum atomic E-state index is 13.8. The van der Waals surface area contributed by atoms with Crippen LogP contribution >= 0.6 is 0 Å². The molecule has 408 valence electrons. The summed E-state index contributed by atoms with van der Waals surface area (Å²) in [6.07, 6.45) is 0.881. The Labute approximate surface area is 427 Å². The molecule has 0 radical (unpaired) electrons. The van der Waals surface area contributed by atoms with Gasteiger partial charge in [-0.25, -0.2) is 4.79 Å². The van der Waals surface area contributed by atoms with Crippen LogP contribution in [0.3, 0.4) is 0 Å². The van der Waals surface area contributed by atoms with Gasteiger partial charge in [-0.2, -0.15) is 0 Å². The standard InChI is InChI=1S/C49H81N13O11/c1-24(2)18-32(50)42(66)56-28(9)41(65)58-35(19-25(3)4)44(68)59-36(20-26(5)6)45(69)62-40(29(10)63)46(70)55-23-38(64)61-39(27(7)8)47(71)57-34(16-13-17-53-49(51)52)43(67)60-37(48(72)73)21-30-22-54-33-15-12-11-14-31(30)33/h11-12,14-15,22,24-29,32,34-37,39-40,54,63H,13,16-21,23,50H2,1-10H3,(H,55,70)(H,56,66)(H,57,71)(H,58,65)(H,59,68)(H,60,67)(H,61,64)(H,62,69)(H,72,73)(H4,51,52,53)/t28-,29+,32-,34-,35-,36-,37-,39-,40-/m0/s1. The van der Waals surface area contributed by atoms with Gasteiger partial charge in [0.15, 0.2) is 5.96 Å². The Kier molecular flexibility index (Phi) is 25.8. The van der Waals surface area contributed by atoms with Crippen LogP contribution in [-0.4, -0.2) is 142 Å². The van der Waals surface area contributed by atoms with Crippen molar-refractivity contribution in [3.8, 4) is 0 Å². The van der Waals surface area contributed by atoms with E-state index in [2.05, 4.69) is 52.5 Å². The summed E-state index contributed by atoms with van der Waals surface area (Å²) in [5.41, 5.74) is 18.3. The summed E-state index contributed by atoms with van der Waals surface area (Å²) in [7, 11) is 0. The number of nitrogens with zero attached hydrogens (tertiary/aromatic N) is 1. The number of aliphatic imine (C=N–C) groups is 1. The first-order valence-electron chi connectivity index (χ1n) is 24.8. The molecule has 2 rings (SSSR count). The Bertz CT molecular complexity index is 2220. The summed E-state index contributed by atoms with van der Waals surface area (Å²) in [5, 5.41) is 41.9. The Morgan fingerprint density at radius 1 is 0.616 bits per heavy atom. The molecule has 0 spiro atoms. The molecule has 17 N–H and O–H groups in total. The molecule has 1 aromatic heterocycles. The van der Waals surface area contributed by atoms with Crippen LogP contribution in [0.25, 0.3) is 10.9 Å². The van der Waals surface area contributed by atoms with Gasteiger partial charge in [0, 0.05) is 30.1 Å². The highest BCUT2D eigenvalue weighted by atomic mass is 16.4. The molecule has 0 aliphatic carbocycles. The Morgan fingerprint density at radius 2 is 1.15 bits per heavy atom. The zero-order chi connectivity index (χ0) is 55.3. The average molecular weight is 1030 g/mol. The van der Waals surface area contributed by atoms with Crippen LogP contribution in [0.5, 0.6) is 0 Å². The summed E-state index contributed by atoms with van der Waals surface area (Å²) in [6, 6.07) is -2.60. The lowest BCUT2D eigenvalue weighted by atomic mass is 9.99. The number of aliphatic carboxylic acids is 1. The van der Waals surface area contributed by atoms with E-state index in [9.17, 15) is 53.4 Å². The first kappa shape index (κ1) is 62.3. The molecule has 1 aromatic carbocycles. The summed E-state index contributed by atoms with van der Waals surface area (Å²) in [6.45, 7) is 16.3. The number of aromatic nitrogens is 1. The highest BCUT2D eigenvalue weighted by Crippen LogP contribution is 2.20. The van der Waals surface area contributed by atoms with Crippen LogP contribution in [0.2, 0.25) is 0 Å². The van der Waals surface area contributed by atoms with Gasteiger partial charge in [-0.15, -0.1) is 0 Å². The fourth-order valence-corrected chi connectivity index (χ4v) is 7.70. The van der Waals surface area contributed by atoms with Gasteiger partial charge in [0.25, 0.3) is 0 Å². The number of guanidine groups is 1. The normalized spacial score (nSPS) is 15.1. The number of carbonyl (C=O) groups is 9. The van der Waals surface area contributed by atoms with Crippen LogP contribution in [0.15, 0.2) is 35.5 Å². The number of carboxylic acid groups (broad SMARTS) is 1. The molecule has 1 heterocycles. The molecule has 8 amide bonds. The number of hydrogen-bond acceptors (Lipinski definition) is 12. The molecule has 0 aliphatic heterocycles.